The van der Waals surface area contributed by atoms with Crippen LogP contribution in [0.1, 0.15) is 37.3 Å². The second-order valence-corrected chi connectivity index (χ2v) is 5.61. The van der Waals surface area contributed by atoms with Gasteiger partial charge in [0.25, 0.3) is 0 Å². The monoisotopic (exact) mass is 311 g/mol. The highest BCUT2D eigenvalue weighted by Gasteiger charge is 2.16. The maximum absolute atomic E-state index is 12.2. The number of rotatable bonds is 6. The lowest BCUT2D eigenvalue weighted by atomic mass is 10.1. The Morgan fingerprint density at radius 3 is 2.87 bits per heavy atom. The minimum Gasteiger partial charge on any atom is -0.348 e. The zero-order valence-corrected chi connectivity index (χ0v) is 13.4. The summed E-state index contributed by atoms with van der Waals surface area (Å²) >= 11 is 0. The number of aromatic nitrogens is 4. The zero-order valence-electron chi connectivity index (χ0n) is 13.4. The third-order valence-electron chi connectivity index (χ3n) is 3.99. The molecular weight excluding hydrogens is 290 g/mol. The number of benzene rings is 1. The van der Waals surface area contributed by atoms with Crippen LogP contribution < -0.4 is 5.32 Å². The third-order valence-corrected chi connectivity index (χ3v) is 3.99. The predicted molar refractivity (Wildman–Crippen MR) is 88.8 cm³/mol. The van der Waals surface area contributed by atoms with Gasteiger partial charge in [0, 0.05) is 26.1 Å². The van der Waals surface area contributed by atoms with E-state index in [-0.39, 0.29) is 11.9 Å². The second-order valence-electron chi connectivity index (χ2n) is 5.61. The molecule has 6 nitrogen and oxygen atoms in total. The lowest BCUT2D eigenvalue weighted by Crippen LogP contribution is -2.29. The highest BCUT2D eigenvalue weighted by Crippen LogP contribution is 2.16. The van der Waals surface area contributed by atoms with Crippen molar-refractivity contribution in [3.05, 3.63) is 48.0 Å². The first-order chi connectivity index (χ1) is 11.2. The van der Waals surface area contributed by atoms with Gasteiger partial charge in [0.15, 0.2) is 0 Å². The largest absolute Gasteiger partial charge is 0.348 e. The molecule has 3 rings (SSSR count). The summed E-state index contributed by atoms with van der Waals surface area (Å²) in [6.07, 6.45) is 3.59. The number of carbonyl (C=O) groups is 1. The lowest BCUT2D eigenvalue weighted by molar-refractivity contribution is -0.121. The molecule has 1 amide bonds. The summed E-state index contributed by atoms with van der Waals surface area (Å²) in [5.74, 6) is 0.869. The van der Waals surface area contributed by atoms with Crippen LogP contribution in [0.3, 0.4) is 0 Å². The Balaban J connectivity index is 1.59. The molecule has 6 heteroatoms. The van der Waals surface area contributed by atoms with Crippen LogP contribution in [0.2, 0.25) is 0 Å². The maximum atomic E-state index is 12.2. The average molecular weight is 311 g/mol. The molecule has 0 radical (unpaired) electrons. The molecule has 0 saturated carbocycles. The van der Waals surface area contributed by atoms with Gasteiger partial charge >= 0.3 is 0 Å². The number of para-hydroxylation sites is 2. The fourth-order valence-corrected chi connectivity index (χ4v) is 2.73. The van der Waals surface area contributed by atoms with Crippen molar-refractivity contribution in [1.82, 2.24) is 25.1 Å². The number of aromatic amines is 1. The minimum atomic E-state index is -0.00864. The first kappa shape index (κ1) is 15.3. The van der Waals surface area contributed by atoms with Gasteiger partial charge in [-0.15, -0.1) is 0 Å². The van der Waals surface area contributed by atoms with Crippen LogP contribution >= 0.6 is 0 Å². The highest BCUT2D eigenvalue weighted by molar-refractivity contribution is 5.77. The molecule has 1 atom stereocenters. The van der Waals surface area contributed by atoms with Gasteiger partial charge in [-0.25, -0.2) is 4.98 Å². The predicted octanol–water partition coefficient (Wildman–Crippen LogP) is 2.50. The van der Waals surface area contributed by atoms with Crippen molar-refractivity contribution in [3.8, 4) is 0 Å². The van der Waals surface area contributed by atoms with E-state index in [2.05, 4.69) is 27.3 Å². The topological polar surface area (TPSA) is 75.6 Å². The van der Waals surface area contributed by atoms with Gasteiger partial charge in [-0.3, -0.25) is 9.48 Å². The van der Waals surface area contributed by atoms with Crippen LogP contribution in [0.5, 0.6) is 0 Å². The summed E-state index contributed by atoms with van der Waals surface area (Å²) in [6, 6.07) is 9.81. The number of fused-ring (bicyclic) bond motifs is 1. The lowest BCUT2D eigenvalue weighted by Gasteiger charge is -2.17. The fourth-order valence-electron chi connectivity index (χ4n) is 2.73. The molecule has 2 N–H and O–H groups in total. The van der Waals surface area contributed by atoms with E-state index in [1.807, 2.05) is 37.4 Å². The van der Waals surface area contributed by atoms with E-state index in [4.69, 9.17) is 0 Å². The summed E-state index contributed by atoms with van der Waals surface area (Å²) in [5.41, 5.74) is 2.96. The molecule has 2 heterocycles. The van der Waals surface area contributed by atoms with Crippen LogP contribution in [0, 0.1) is 0 Å². The standard InChI is InChI=1S/C17H21N5O/c1-3-12(15-10-11-18-22(15)2)21-17(23)9-8-16-19-13-6-4-5-7-14(13)20-16/h4-7,10-12H,3,8-9H2,1-2H3,(H,19,20)(H,21,23)/t12-/m1/s1. The Kier molecular flexibility index (Phi) is 4.41. The van der Waals surface area contributed by atoms with Crippen molar-refractivity contribution in [2.75, 3.05) is 0 Å². The molecule has 0 bridgehead atoms. The van der Waals surface area contributed by atoms with E-state index in [0.29, 0.717) is 12.8 Å². The van der Waals surface area contributed by atoms with Crippen LogP contribution in [0.25, 0.3) is 11.0 Å². The molecule has 120 valence electrons. The van der Waals surface area contributed by atoms with Crippen molar-refractivity contribution in [3.63, 3.8) is 0 Å². The van der Waals surface area contributed by atoms with E-state index in [1.165, 1.54) is 0 Å². The Hall–Kier alpha value is -2.63. The molecule has 1 aromatic carbocycles. The Morgan fingerprint density at radius 2 is 2.17 bits per heavy atom. The van der Waals surface area contributed by atoms with Crippen molar-refractivity contribution < 1.29 is 4.79 Å². The summed E-state index contributed by atoms with van der Waals surface area (Å²) in [5, 5.41) is 7.23. The van der Waals surface area contributed by atoms with Crippen molar-refractivity contribution in [2.45, 2.75) is 32.2 Å². The molecule has 3 aromatic rings. The number of H-pyrrole nitrogens is 1. The highest BCUT2D eigenvalue weighted by atomic mass is 16.1. The van der Waals surface area contributed by atoms with Gasteiger partial charge < -0.3 is 10.3 Å². The molecule has 0 spiro atoms. The van der Waals surface area contributed by atoms with E-state index in [9.17, 15) is 4.79 Å². The quantitative estimate of drug-likeness (QED) is 0.734. The number of carbonyl (C=O) groups excluding carboxylic acids is 1. The molecular formula is C17H21N5O. The van der Waals surface area contributed by atoms with Crippen molar-refractivity contribution in [2.24, 2.45) is 7.05 Å². The Bertz CT molecular complexity index is 771. The number of imidazole rings is 1. The number of aryl methyl sites for hydroxylation is 2. The number of hydrogen-bond donors (Lipinski definition) is 2. The average Bonchev–Trinajstić information content (AvgIpc) is 3.16. The normalized spacial score (nSPS) is 12.4. The Labute approximate surface area is 134 Å². The number of nitrogens with zero attached hydrogens (tertiary/aromatic N) is 3. The molecule has 2 aromatic heterocycles. The molecule has 23 heavy (non-hydrogen) atoms. The van der Waals surface area contributed by atoms with Crippen LogP contribution in [-0.4, -0.2) is 25.7 Å². The first-order valence-corrected chi connectivity index (χ1v) is 7.88. The van der Waals surface area contributed by atoms with Crippen molar-refractivity contribution in [1.29, 1.82) is 0 Å². The molecule has 0 saturated heterocycles. The van der Waals surface area contributed by atoms with Crippen LogP contribution in [0.15, 0.2) is 36.5 Å². The van der Waals surface area contributed by atoms with Gasteiger partial charge in [-0.05, 0) is 24.6 Å². The van der Waals surface area contributed by atoms with Gasteiger partial charge in [0.1, 0.15) is 5.82 Å². The maximum Gasteiger partial charge on any atom is 0.220 e. The fraction of sp³-hybridized carbons (Fsp3) is 0.353. The summed E-state index contributed by atoms with van der Waals surface area (Å²) in [6.45, 7) is 2.05. The van der Waals surface area contributed by atoms with Gasteiger partial charge in [0.05, 0.1) is 22.8 Å². The third kappa shape index (κ3) is 3.41. The molecule has 0 aliphatic carbocycles. The van der Waals surface area contributed by atoms with Gasteiger partial charge in [0.2, 0.25) is 5.91 Å². The SMILES string of the molecule is CC[C@@H](NC(=O)CCc1nc2ccccc2[nH]1)c1ccnn1C. The molecule has 0 aliphatic rings. The Morgan fingerprint density at radius 1 is 1.35 bits per heavy atom. The molecule has 0 unspecified atom stereocenters. The van der Waals surface area contributed by atoms with Gasteiger partial charge in [-0.1, -0.05) is 19.1 Å². The van der Waals surface area contributed by atoms with Crippen LogP contribution in [0.4, 0.5) is 0 Å². The van der Waals surface area contributed by atoms with Crippen molar-refractivity contribution >= 4 is 16.9 Å². The molecule has 0 aliphatic heterocycles. The summed E-state index contributed by atoms with van der Waals surface area (Å²) in [7, 11) is 1.89. The van der Waals surface area contributed by atoms with E-state index >= 15 is 0 Å². The number of nitrogens with one attached hydrogen (secondary N) is 2. The number of amides is 1. The first-order valence-electron chi connectivity index (χ1n) is 7.88. The smallest absolute Gasteiger partial charge is 0.220 e. The van der Waals surface area contributed by atoms with Crippen LogP contribution in [-0.2, 0) is 18.3 Å². The van der Waals surface area contributed by atoms with E-state index in [0.717, 1.165) is 29.0 Å². The van der Waals surface area contributed by atoms with Gasteiger partial charge in [-0.2, -0.15) is 5.10 Å². The van der Waals surface area contributed by atoms with E-state index < -0.39 is 0 Å². The summed E-state index contributed by atoms with van der Waals surface area (Å²) < 4.78 is 1.80. The zero-order chi connectivity index (χ0) is 16.2. The second kappa shape index (κ2) is 6.64. The van der Waals surface area contributed by atoms with E-state index in [1.54, 1.807) is 10.9 Å². The minimum absolute atomic E-state index is 0.00864. The number of hydrogen-bond acceptors (Lipinski definition) is 3. The molecule has 0 fully saturated rings. The summed E-state index contributed by atoms with van der Waals surface area (Å²) in [4.78, 5) is 20.0.